The van der Waals surface area contributed by atoms with Crippen LogP contribution in [0.5, 0.6) is 11.5 Å². The fourth-order valence-electron chi connectivity index (χ4n) is 1.41. The van der Waals surface area contributed by atoms with Crippen molar-refractivity contribution in [2.24, 2.45) is 0 Å². The minimum atomic E-state index is -0.0143. The lowest BCUT2D eigenvalue weighted by Crippen LogP contribution is -2.23. The van der Waals surface area contributed by atoms with E-state index in [1.807, 2.05) is 0 Å². The summed E-state index contributed by atoms with van der Waals surface area (Å²) in [7, 11) is 4.88. The second-order valence-corrected chi connectivity index (χ2v) is 4.89. The number of methoxy groups -OCH3 is 1. The molecule has 0 N–H and O–H groups in total. The number of amides is 1. The van der Waals surface area contributed by atoms with E-state index in [4.69, 9.17) is 9.47 Å². The molecule has 0 saturated carbocycles. The highest BCUT2D eigenvalue weighted by atomic mass is 79.9. The zero-order valence-corrected chi connectivity index (χ0v) is 12.7. The van der Waals surface area contributed by atoms with Gasteiger partial charge in [0.1, 0.15) is 6.29 Å². The highest BCUT2D eigenvalue weighted by molar-refractivity contribution is 9.10. The smallest absolute Gasteiger partial charge is 0.225 e. The van der Waals surface area contributed by atoms with E-state index in [9.17, 15) is 9.59 Å². The lowest BCUT2D eigenvalue weighted by atomic mass is 10.2. The molecule has 0 aliphatic rings. The van der Waals surface area contributed by atoms with E-state index in [0.717, 1.165) is 6.29 Å². The molecule has 5 nitrogen and oxygen atoms in total. The van der Waals surface area contributed by atoms with E-state index >= 15 is 0 Å². The summed E-state index contributed by atoms with van der Waals surface area (Å²) in [6.45, 7) is 0.242. The van der Waals surface area contributed by atoms with E-state index in [0.29, 0.717) is 21.5 Å². The topological polar surface area (TPSA) is 55.8 Å². The molecule has 0 aromatic heterocycles. The maximum Gasteiger partial charge on any atom is 0.225 e. The van der Waals surface area contributed by atoms with Gasteiger partial charge in [-0.2, -0.15) is 0 Å². The largest absolute Gasteiger partial charge is 0.493 e. The molecule has 1 aromatic rings. The first-order valence-corrected chi connectivity index (χ1v) is 6.44. The van der Waals surface area contributed by atoms with E-state index in [-0.39, 0.29) is 18.9 Å². The number of nitrogens with zero attached hydrogens (tertiary/aromatic N) is 1. The molecule has 1 aromatic carbocycles. The summed E-state index contributed by atoms with van der Waals surface area (Å²) in [5.41, 5.74) is 0.487. The van der Waals surface area contributed by atoms with Crippen LogP contribution in [0.15, 0.2) is 16.6 Å². The molecule has 0 radical (unpaired) electrons. The molecule has 0 atom stereocenters. The molecular formula is C13H16BrNO4. The van der Waals surface area contributed by atoms with Crippen LogP contribution < -0.4 is 9.47 Å². The van der Waals surface area contributed by atoms with Gasteiger partial charge in [0.25, 0.3) is 0 Å². The molecule has 6 heteroatoms. The first-order valence-electron chi connectivity index (χ1n) is 5.65. The Morgan fingerprint density at radius 3 is 2.63 bits per heavy atom. The maximum atomic E-state index is 11.4. The summed E-state index contributed by atoms with van der Waals surface area (Å²) < 4.78 is 11.3. The Bertz CT molecular complexity index is 474. The van der Waals surface area contributed by atoms with Crippen molar-refractivity contribution in [1.29, 1.82) is 0 Å². The van der Waals surface area contributed by atoms with Gasteiger partial charge in [0.2, 0.25) is 5.91 Å². The second-order valence-electron chi connectivity index (χ2n) is 4.04. The third kappa shape index (κ3) is 4.24. The molecule has 0 aliphatic carbocycles. The minimum Gasteiger partial charge on any atom is -0.493 e. The summed E-state index contributed by atoms with van der Waals surface area (Å²) in [6, 6.07) is 3.22. The van der Waals surface area contributed by atoms with Gasteiger partial charge >= 0.3 is 0 Å². The number of aldehydes is 1. The van der Waals surface area contributed by atoms with Crippen molar-refractivity contribution in [3.63, 3.8) is 0 Å². The van der Waals surface area contributed by atoms with Gasteiger partial charge in [-0.15, -0.1) is 0 Å². The van der Waals surface area contributed by atoms with Crippen LogP contribution in [0.2, 0.25) is 0 Å². The van der Waals surface area contributed by atoms with Gasteiger partial charge < -0.3 is 14.4 Å². The van der Waals surface area contributed by atoms with Crippen LogP contribution in [0.1, 0.15) is 16.8 Å². The number of ether oxygens (including phenoxy) is 2. The number of hydrogen-bond donors (Lipinski definition) is 0. The van der Waals surface area contributed by atoms with Gasteiger partial charge in [0.15, 0.2) is 11.5 Å². The number of carbonyl (C=O) groups excluding carboxylic acids is 2. The molecule has 0 heterocycles. The molecular weight excluding hydrogens is 314 g/mol. The standard InChI is InChI=1S/C13H16BrNO4/c1-15(2)12(17)4-5-19-13-10(14)6-9(8-16)7-11(13)18-3/h6-8H,4-5H2,1-3H3. The lowest BCUT2D eigenvalue weighted by molar-refractivity contribution is -0.129. The molecule has 0 spiro atoms. The van der Waals surface area contributed by atoms with E-state index in [1.165, 1.54) is 12.0 Å². The zero-order chi connectivity index (χ0) is 14.4. The molecule has 104 valence electrons. The van der Waals surface area contributed by atoms with Crippen molar-refractivity contribution in [3.8, 4) is 11.5 Å². The summed E-state index contributed by atoms with van der Waals surface area (Å²) in [6.07, 6.45) is 1.00. The van der Waals surface area contributed by atoms with Crippen molar-refractivity contribution >= 4 is 28.1 Å². The van der Waals surface area contributed by atoms with Crippen molar-refractivity contribution in [1.82, 2.24) is 4.90 Å². The highest BCUT2D eigenvalue weighted by Crippen LogP contribution is 2.36. The van der Waals surface area contributed by atoms with Crippen LogP contribution in [-0.2, 0) is 4.79 Å². The Morgan fingerprint density at radius 1 is 1.42 bits per heavy atom. The maximum absolute atomic E-state index is 11.4. The Balaban J connectivity index is 2.77. The van der Waals surface area contributed by atoms with Crippen molar-refractivity contribution in [3.05, 3.63) is 22.2 Å². The van der Waals surface area contributed by atoms with Crippen LogP contribution in [0.4, 0.5) is 0 Å². The fourth-order valence-corrected chi connectivity index (χ4v) is 1.99. The minimum absolute atomic E-state index is 0.0143. The number of hydrogen-bond acceptors (Lipinski definition) is 4. The van der Waals surface area contributed by atoms with Gasteiger partial charge in [-0.3, -0.25) is 9.59 Å². The number of benzene rings is 1. The predicted molar refractivity (Wildman–Crippen MR) is 74.9 cm³/mol. The Morgan fingerprint density at radius 2 is 2.11 bits per heavy atom. The monoisotopic (exact) mass is 329 g/mol. The molecule has 0 bridgehead atoms. The quantitative estimate of drug-likeness (QED) is 0.750. The average Bonchev–Trinajstić information content (AvgIpc) is 2.39. The van der Waals surface area contributed by atoms with Gasteiger partial charge in [0, 0.05) is 19.7 Å². The summed E-state index contributed by atoms with van der Waals surface area (Å²) in [4.78, 5) is 23.7. The normalized spacial score (nSPS) is 9.89. The first-order chi connectivity index (χ1) is 8.99. The average molecular weight is 330 g/mol. The first kappa shape index (κ1) is 15.5. The van der Waals surface area contributed by atoms with Crippen molar-refractivity contribution < 1.29 is 19.1 Å². The summed E-state index contributed by atoms with van der Waals surface area (Å²) >= 11 is 3.32. The van der Waals surface area contributed by atoms with Gasteiger partial charge in [-0.25, -0.2) is 0 Å². The number of carbonyl (C=O) groups is 2. The second kappa shape index (κ2) is 7.13. The highest BCUT2D eigenvalue weighted by Gasteiger charge is 2.12. The summed E-state index contributed by atoms with van der Waals surface area (Å²) in [5.74, 6) is 0.924. The third-order valence-corrected chi connectivity index (χ3v) is 3.04. The van der Waals surface area contributed by atoms with Crippen LogP contribution in [0.25, 0.3) is 0 Å². The summed E-state index contributed by atoms with van der Waals surface area (Å²) in [5, 5.41) is 0. The SMILES string of the molecule is COc1cc(C=O)cc(Br)c1OCCC(=O)N(C)C. The molecule has 19 heavy (non-hydrogen) atoms. The van der Waals surface area contributed by atoms with Gasteiger partial charge in [0.05, 0.1) is 24.6 Å². The van der Waals surface area contributed by atoms with E-state index in [1.54, 1.807) is 26.2 Å². The van der Waals surface area contributed by atoms with Gasteiger partial charge in [-0.05, 0) is 28.1 Å². The Kier molecular flexibility index (Phi) is 5.82. The third-order valence-electron chi connectivity index (χ3n) is 2.45. The van der Waals surface area contributed by atoms with Crippen LogP contribution >= 0.6 is 15.9 Å². The van der Waals surface area contributed by atoms with Crippen LogP contribution in [-0.4, -0.2) is 44.9 Å². The number of halogens is 1. The van der Waals surface area contributed by atoms with Gasteiger partial charge in [-0.1, -0.05) is 0 Å². The Hall–Kier alpha value is -1.56. The fraction of sp³-hybridized carbons (Fsp3) is 0.385. The van der Waals surface area contributed by atoms with Crippen molar-refractivity contribution in [2.75, 3.05) is 27.8 Å². The predicted octanol–water partition coefficient (Wildman–Crippen LogP) is 2.13. The molecule has 1 amide bonds. The molecule has 0 aliphatic heterocycles. The molecule has 0 unspecified atom stereocenters. The molecule has 0 saturated heterocycles. The van der Waals surface area contributed by atoms with E-state index in [2.05, 4.69) is 15.9 Å². The number of rotatable bonds is 6. The van der Waals surface area contributed by atoms with Crippen LogP contribution in [0, 0.1) is 0 Å². The van der Waals surface area contributed by atoms with Crippen LogP contribution in [0.3, 0.4) is 0 Å². The van der Waals surface area contributed by atoms with E-state index < -0.39 is 0 Å². The Labute approximate surface area is 120 Å². The zero-order valence-electron chi connectivity index (χ0n) is 11.1. The molecule has 0 fully saturated rings. The van der Waals surface area contributed by atoms with Crippen molar-refractivity contribution in [2.45, 2.75) is 6.42 Å². The molecule has 1 rings (SSSR count). The lowest BCUT2D eigenvalue weighted by Gasteiger charge is -2.14.